The fourth-order valence-corrected chi connectivity index (χ4v) is 3.17. The first-order valence-electron chi connectivity index (χ1n) is 7.47. The molecule has 2 rings (SSSR count). The zero-order valence-electron chi connectivity index (χ0n) is 14.5. The molecular formula is C16H13ClF3N3O4S. The lowest BCUT2D eigenvalue weighted by Crippen LogP contribution is -2.09. The number of carbonyl (C=O) groups is 2. The van der Waals surface area contributed by atoms with Crippen LogP contribution >= 0.6 is 23.4 Å². The summed E-state index contributed by atoms with van der Waals surface area (Å²) in [6.07, 6.45) is -4.06. The van der Waals surface area contributed by atoms with Crippen LogP contribution in [0.25, 0.3) is 0 Å². The molecule has 0 unspecified atom stereocenters. The highest BCUT2D eigenvalue weighted by Crippen LogP contribution is 2.38. The summed E-state index contributed by atoms with van der Waals surface area (Å²) in [6.45, 7) is 0. The van der Waals surface area contributed by atoms with E-state index in [0.717, 1.165) is 22.7 Å². The predicted molar refractivity (Wildman–Crippen MR) is 94.5 cm³/mol. The SMILES string of the molecule is COC(=O)c1ccccc1Sc1c(C=NOC(=O)CCl)c(C(F)(F)F)nn1C. The molecule has 1 aromatic heterocycles. The van der Waals surface area contributed by atoms with E-state index in [9.17, 15) is 22.8 Å². The largest absolute Gasteiger partial charge is 0.465 e. The van der Waals surface area contributed by atoms with Crippen molar-refractivity contribution in [2.45, 2.75) is 16.1 Å². The van der Waals surface area contributed by atoms with E-state index >= 15 is 0 Å². The van der Waals surface area contributed by atoms with Gasteiger partial charge in [-0.3, -0.25) is 4.68 Å². The molecule has 0 amide bonds. The Morgan fingerprint density at radius 1 is 1.36 bits per heavy atom. The highest BCUT2D eigenvalue weighted by Gasteiger charge is 2.39. The van der Waals surface area contributed by atoms with Crippen LogP contribution in [0.5, 0.6) is 0 Å². The molecule has 0 N–H and O–H groups in total. The van der Waals surface area contributed by atoms with Crippen LogP contribution in [0.15, 0.2) is 39.3 Å². The van der Waals surface area contributed by atoms with Gasteiger partial charge in [0.1, 0.15) is 10.9 Å². The number of halogens is 4. The summed E-state index contributed by atoms with van der Waals surface area (Å²) in [5.74, 6) is -2.09. The number of aromatic nitrogens is 2. The van der Waals surface area contributed by atoms with Crippen molar-refractivity contribution >= 4 is 41.5 Å². The van der Waals surface area contributed by atoms with E-state index in [1.54, 1.807) is 18.2 Å². The molecule has 28 heavy (non-hydrogen) atoms. The van der Waals surface area contributed by atoms with E-state index in [2.05, 4.69) is 19.8 Å². The number of nitrogens with zero attached hydrogens (tertiary/aromatic N) is 3. The molecule has 0 saturated heterocycles. The Labute approximate surface area is 166 Å². The van der Waals surface area contributed by atoms with Crippen LogP contribution in [0.2, 0.25) is 0 Å². The Bertz CT molecular complexity index is 915. The number of methoxy groups -OCH3 is 1. The highest BCUT2D eigenvalue weighted by atomic mass is 35.5. The quantitative estimate of drug-likeness (QED) is 0.227. The second-order valence-corrected chi connectivity index (χ2v) is 6.41. The van der Waals surface area contributed by atoms with Crippen LogP contribution in [0, 0.1) is 0 Å². The lowest BCUT2D eigenvalue weighted by molar-refractivity contribution is -0.141. The van der Waals surface area contributed by atoms with Gasteiger partial charge in [0.2, 0.25) is 0 Å². The number of esters is 1. The number of alkyl halides is 4. The third-order valence-electron chi connectivity index (χ3n) is 3.24. The minimum Gasteiger partial charge on any atom is -0.465 e. The first kappa shape index (κ1) is 21.8. The van der Waals surface area contributed by atoms with Gasteiger partial charge in [-0.1, -0.05) is 29.1 Å². The fourth-order valence-electron chi connectivity index (χ4n) is 2.07. The molecule has 0 fully saturated rings. The van der Waals surface area contributed by atoms with Gasteiger partial charge in [-0.15, -0.1) is 11.6 Å². The summed E-state index contributed by atoms with van der Waals surface area (Å²) in [5.41, 5.74) is -1.48. The van der Waals surface area contributed by atoms with E-state index in [1.165, 1.54) is 20.2 Å². The zero-order valence-corrected chi connectivity index (χ0v) is 16.1. The molecule has 0 saturated carbocycles. The average molecular weight is 436 g/mol. The topological polar surface area (TPSA) is 82.8 Å². The van der Waals surface area contributed by atoms with Crippen LogP contribution in [-0.2, 0) is 27.6 Å². The first-order chi connectivity index (χ1) is 13.2. The Kier molecular flexibility index (Phi) is 7.08. The highest BCUT2D eigenvalue weighted by molar-refractivity contribution is 7.99. The molecule has 1 aromatic carbocycles. The third-order valence-corrected chi connectivity index (χ3v) is 4.71. The van der Waals surface area contributed by atoms with Gasteiger partial charge in [-0.05, 0) is 12.1 Å². The first-order valence-corrected chi connectivity index (χ1v) is 8.82. The van der Waals surface area contributed by atoms with E-state index in [-0.39, 0.29) is 10.6 Å². The summed E-state index contributed by atoms with van der Waals surface area (Å²) >= 11 is 6.10. The normalized spacial score (nSPS) is 11.6. The predicted octanol–water partition coefficient (Wildman–Crippen LogP) is 3.49. The van der Waals surface area contributed by atoms with E-state index in [4.69, 9.17) is 11.6 Å². The van der Waals surface area contributed by atoms with Crippen LogP contribution in [0.3, 0.4) is 0 Å². The number of hydrogen-bond donors (Lipinski definition) is 0. The fraction of sp³-hybridized carbons (Fsp3) is 0.250. The smallest absolute Gasteiger partial charge is 0.435 e. The van der Waals surface area contributed by atoms with Gasteiger partial charge in [-0.25, -0.2) is 9.59 Å². The molecular weight excluding hydrogens is 423 g/mol. The van der Waals surface area contributed by atoms with Crippen molar-refractivity contribution in [2.75, 3.05) is 13.0 Å². The molecule has 0 radical (unpaired) electrons. The Morgan fingerprint density at radius 3 is 2.64 bits per heavy atom. The van der Waals surface area contributed by atoms with Gasteiger partial charge < -0.3 is 9.57 Å². The number of oxime groups is 1. The second kappa shape index (κ2) is 9.11. The molecule has 2 aromatic rings. The molecule has 0 bridgehead atoms. The Morgan fingerprint density at radius 2 is 2.04 bits per heavy atom. The van der Waals surface area contributed by atoms with Gasteiger partial charge >= 0.3 is 18.1 Å². The lowest BCUT2D eigenvalue weighted by Gasteiger charge is -2.08. The second-order valence-electron chi connectivity index (χ2n) is 5.11. The van der Waals surface area contributed by atoms with Crippen molar-refractivity contribution < 1.29 is 32.3 Å². The maximum absolute atomic E-state index is 13.3. The van der Waals surface area contributed by atoms with Crippen molar-refractivity contribution in [1.29, 1.82) is 0 Å². The maximum Gasteiger partial charge on any atom is 0.435 e. The molecule has 12 heteroatoms. The number of carbonyl (C=O) groups excluding carboxylic acids is 2. The van der Waals surface area contributed by atoms with Gasteiger partial charge in [0.25, 0.3) is 0 Å². The molecule has 1 heterocycles. The minimum atomic E-state index is -4.78. The van der Waals surface area contributed by atoms with Crippen molar-refractivity contribution in [3.63, 3.8) is 0 Å². The van der Waals surface area contributed by atoms with Gasteiger partial charge in [0, 0.05) is 11.9 Å². The Balaban J connectivity index is 2.51. The molecule has 0 aliphatic heterocycles. The van der Waals surface area contributed by atoms with Gasteiger partial charge in [-0.2, -0.15) is 18.3 Å². The van der Waals surface area contributed by atoms with Crippen molar-refractivity contribution in [2.24, 2.45) is 12.2 Å². The zero-order chi connectivity index (χ0) is 20.9. The van der Waals surface area contributed by atoms with Gasteiger partial charge in [0.05, 0.1) is 24.5 Å². The molecule has 0 spiro atoms. The van der Waals surface area contributed by atoms with E-state index in [1.807, 2.05) is 0 Å². The molecule has 150 valence electrons. The summed E-state index contributed by atoms with van der Waals surface area (Å²) < 4.78 is 45.7. The molecule has 0 aliphatic carbocycles. The molecule has 0 aliphatic rings. The number of hydrogen-bond acceptors (Lipinski definition) is 7. The van der Waals surface area contributed by atoms with Crippen LogP contribution < -0.4 is 0 Å². The van der Waals surface area contributed by atoms with Crippen LogP contribution in [-0.4, -0.2) is 40.9 Å². The van der Waals surface area contributed by atoms with E-state index < -0.39 is 35.3 Å². The summed E-state index contributed by atoms with van der Waals surface area (Å²) in [7, 11) is 2.50. The average Bonchev–Trinajstić information content (AvgIpc) is 2.97. The van der Waals surface area contributed by atoms with Gasteiger partial charge in [0.15, 0.2) is 5.69 Å². The third kappa shape index (κ3) is 5.04. The van der Waals surface area contributed by atoms with Crippen LogP contribution in [0.1, 0.15) is 21.6 Å². The number of rotatable bonds is 6. The number of ether oxygens (including phenoxy) is 1. The molecule has 7 nitrogen and oxygen atoms in total. The van der Waals surface area contributed by atoms with Crippen LogP contribution in [0.4, 0.5) is 13.2 Å². The number of aryl methyl sites for hydroxylation is 1. The summed E-state index contributed by atoms with van der Waals surface area (Å²) in [6, 6.07) is 6.23. The van der Waals surface area contributed by atoms with Crippen molar-refractivity contribution in [1.82, 2.24) is 9.78 Å². The lowest BCUT2D eigenvalue weighted by atomic mass is 10.2. The summed E-state index contributed by atoms with van der Waals surface area (Å²) in [4.78, 5) is 27.7. The Hall–Kier alpha value is -2.53. The number of benzene rings is 1. The van der Waals surface area contributed by atoms with E-state index in [0.29, 0.717) is 4.90 Å². The van der Waals surface area contributed by atoms with Crippen molar-refractivity contribution in [3.8, 4) is 0 Å². The summed E-state index contributed by atoms with van der Waals surface area (Å²) in [5, 5.41) is 6.77. The molecule has 0 atom stereocenters. The van der Waals surface area contributed by atoms with Crippen molar-refractivity contribution in [3.05, 3.63) is 41.1 Å². The minimum absolute atomic E-state index is 0.0225. The standard InChI is InChI=1S/C16H13ClF3N3O4S/c1-23-14(28-11-6-4-3-5-9(11)15(25)26-2)10(8-21-27-12(24)7-17)13(22-23)16(18,19)20/h3-6,8H,7H2,1-2H3. The maximum atomic E-state index is 13.3. The monoisotopic (exact) mass is 435 g/mol.